The monoisotopic (exact) mass is 366 g/mol. The summed E-state index contributed by atoms with van der Waals surface area (Å²) in [6.07, 6.45) is -1.80. The summed E-state index contributed by atoms with van der Waals surface area (Å²) in [7, 11) is 0. The molecule has 0 bridgehead atoms. The fourth-order valence-electron chi connectivity index (χ4n) is 5.44. The van der Waals surface area contributed by atoms with Gasteiger partial charge in [-0.05, 0) is 12.3 Å². The molecule has 0 spiro atoms. The Labute approximate surface area is 152 Å². The van der Waals surface area contributed by atoms with Gasteiger partial charge in [0.15, 0.2) is 0 Å². The fraction of sp³-hybridized carbons (Fsp3) is 0.737. The number of hydrogen-bond acceptors (Lipinski definition) is 7. The van der Waals surface area contributed by atoms with Crippen molar-refractivity contribution in [2.75, 3.05) is 0 Å². The van der Waals surface area contributed by atoms with Crippen molar-refractivity contribution in [3.8, 4) is 0 Å². The molecule has 1 heterocycles. The van der Waals surface area contributed by atoms with Crippen molar-refractivity contribution in [2.24, 2.45) is 23.2 Å². The number of carbonyl (C=O) groups is 3. The number of aliphatic hydroxyl groups excluding tert-OH is 1. The molecule has 0 amide bonds. The Balaban J connectivity index is 2.10. The molecule has 7 heteroatoms. The van der Waals surface area contributed by atoms with Gasteiger partial charge < -0.3 is 19.3 Å². The van der Waals surface area contributed by atoms with Gasteiger partial charge in [0.05, 0.1) is 12.0 Å². The molecule has 1 aliphatic heterocycles. The molecule has 26 heavy (non-hydrogen) atoms. The lowest BCUT2D eigenvalue weighted by Gasteiger charge is -2.43. The zero-order valence-electron chi connectivity index (χ0n) is 15.6. The molecule has 7 nitrogen and oxygen atoms in total. The van der Waals surface area contributed by atoms with Crippen LogP contribution in [-0.2, 0) is 28.6 Å². The molecule has 1 saturated heterocycles. The second-order valence-corrected chi connectivity index (χ2v) is 8.03. The first-order valence-corrected chi connectivity index (χ1v) is 8.99. The van der Waals surface area contributed by atoms with Gasteiger partial charge in [0.1, 0.15) is 18.3 Å². The maximum atomic E-state index is 12.1. The Kier molecular flexibility index (Phi) is 4.63. The topological polar surface area (TPSA) is 99.1 Å². The standard InChI is InChI=1S/C19H26O7/c1-8-6-12-15(9(2)18(23)26-12)17(25-11(4)21)19(5)14(22)7-13(16(8)19)24-10(3)20/h8,12-17,22H,2,6-7H2,1,3-5H3/t8-,12+,13+,14+,15-,16-,17+,19-/m0/s1. The van der Waals surface area contributed by atoms with Crippen LogP contribution in [0.3, 0.4) is 0 Å². The minimum atomic E-state index is -0.887. The van der Waals surface area contributed by atoms with Crippen LogP contribution in [0.1, 0.15) is 40.5 Å². The number of rotatable bonds is 2. The molecule has 2 aliphatic carbocycles. The number of ether oxygens (including phenoxy) is 3. The van der Waals surface area contributed by atoms with E-state index in [-0.39, 0.29) is 23.8 Å². The molecule has 2 saturated carbocycles. The van der Waals surface area contributed by atoms with E-state index in [4.69, 9.17) is 14.2 Å². The molecule has 0 radical (unpaired) electrons. The van der Waals surface area contributed by atoms with E-state index in [0.717, 1.165) is 0 Å². The molecule has 3 rings (SSSR count). The number of hydrogen-bond donors (Lipinski definition) is 1. The van der Waals surface area contributed by atoms with Gasteiger partial charge in [0, 0.05) is 37.2 Å². The van der Waals surface area contributed by atoms with E-state index in [1.807, 2.05) is 13.8 Å². The molecular formula is C19H26O7. The van der Waals surface area contributed by atoms with Crippen molar-refractivity contribution in [1.29, 1.82) is 0 Å². The SMILES string of the molecule is C=C1C(=O)O[C@@H]2C[C@H](C)[C@H]3[C@H](OC(C)=O)C[C@@H](O)[C@]3(C)[C@H](OC(C)=O)[C@@H]12. The highest BCUT2D eigenvalue weighted by atomic mass is 16.6. The molecule has 1 N–H and O–H groups in total. The van der Waals surface area contributed by atoms with Gasteiger partial charge in [-0.2, -0.15) is 0 Å². The molecule has 0 unspecified atom stereocenters. The molecule has 0 aromatic rings. The van der Waals surface area contributed by atoms with Crippen LogP contribution < -0.4 is 0 Å². The largest absolute Gasteiger partial charge is 0.462 e. The van der Waals surface area contributed by atoms with Crippen molar-refractivity contribution in [3.63, 3.8) is 0 Å². The van der Waals surface area contributed by atoms with E-state index in [9.17, 15) is 19.5 Å². The van der Waals surface area contributed by atoms with Crippen molar-refractivity contribution in [2.45, 2.75) is 65.0 Å². The molecule has 8 atom stereocenters. The predicted octanol–water partition coefficient (Wildman–Crippen LogP) is 1.37. The Morgan fingerprint density at radius 2 is 1.85 bits per heavy atom. The Morgan fingerprint density at radius 3 is 2.42 bits per heavy atom. The first kappa shape index (κ1) is 18.9. The van der Waals surface area contributed by atoms with Gasteiger partial charge in [0.2, 0.25) is 0 Å². The van der Waals surface area contributed by atoms with E-state index in [2.05, 4.69) is 6.58 Å². The lowest BCUT2D eigenvalue weighted by Crippen LogP contribution is -2.51. The highest BCUT2D eigenvalue weighted by Crippen LogP contribution is 2.58. The summed E-state index contributed by atoms with van der Waals surface area (Å²) in [5.74, 6) is -2.18. The van der Waals surface area contributed by atoms with Crippen LogP contribution in [0.4, 0.5) is 0 Å². The molecule has 3 aliphatic rings. The highest BCUT2D eigenvalue weighted by Gasteiger charge is 2.66. The van der Waals surface area contributed by atoms with Gasteiger partial charge in [-0.1, -0.05) is 20.4 Å². The van der Waals surface area contributed by atoms with Crippen molar-refractivity contribution in [3.05, 3.63) is 12.2 Å². The van der Waals surface area contributed by atoms with E-state index in [0.29, 0.717) is 6.42 Å². The van der Waals surface area contributed by atoms with Crippen molar-refractivity contribution < 1.29 is 33.7 Å². The zero-order valence-corrected chi connectivity index (χ0v) is 15.6. The lowest BCUT2D eigenvalue weighted by molar-refractivity contribution is -0.170. The van der Waals surface area contributed by atoms with E-state index >= 15 is 0 Å². The predicted molar refractivity (Wildman–Crippen MR) is 89.6 cm³/mol. The number of fused-ring (bicyclic) bond motifs is 2. The van der Waals surface area contributed by atoms with Gasteiger partial charge in [0.25, 0.3) is 0 Å². The minimum Gasteiger partial charge on any atom is -0.462 e. The Hall–Kier alpha value is -1.89. The molecule has 144 valence electrons. The van der Waals surface area contributed by atoms with Crippen LogP contribution in [0.5, 0.6) is 0 Å². The Morgan fingerprint density at radius 1 is 1.23 bits per heavy atom. The summed E-state index contributed by atoms with van der Waals surface area (Å²) in [4.78, 5) is 35.5. The summed E-state index contributed by atoms with van der Waals surface area (Å²) in [6, 6.07) is 0. The third-order valence-electron chi connectivity index (χ3n) is 6.38. The zero-order chi connectivity index (χ0) is 19.4. The quantitative estimate of drug-likeness (QED) is 0.448. The molecular weight excluding hydrogens is 340 g/mol. The fourth-order valence-corrected chi connectivity index (χ4v) is 5.44. The van der Waals surface area contributed by atoms with Gasteiger partial charge in [-0.25, -0.2) is 4.79 Å². The summed E-state index contributed by atoms with van der Waals surface area (Å²) in [5, 5.41) is 10.9. The summed E-state index contributed by atoms with van der Waals surface area (Å²) < 4.78 is 16.6. The number of carbonyl (C=O) groups excluding carboxylic acids is 3. The second kappa shape index (κ2) is 6.37. The van der Waals surface area contributed by atoms with Crippen LogP contribution in [0.25, 0.3) is 0 Å². The van der Waals surface area contributed by atoms with Gasteiger partial charge in [-0.3, -0.25) is 9.59 Å². The normalized spacial score (nSPS) is 44.6. The summed E-state index contributed by atoms with van der Waals surface area (Å²) >= 11 is 0. The maximum Gasteiger partial charge on any atom is 0.334 e. The average Bonchev–Trinajstić information content (AvgIpc) is 2.88. The van der Waals surface area contributed by atoms with E-state index in [1.165, 1.54) is 13.8 Å². The van der Waals surface area contributed by atoms with Crippen LogP contribution >= 0.6 is 0 Å². The summed E-state index contributed by atoms with van der Waals surface area (Å²) in [5.41, 5.74) is -0.625. The van der Waals surface area contributed by atoms with Gasteiger partial charge >= 0.3 is 17.9 Å². The second-order valence-electron chi connectivity index (χ2n) is 8.03. The van der Waals surface area contributed by atoms with Gasteiger partial charge in [-0.15, -0.1) is 0 Å². The number of esters is 3. The summed E-state index contributed by atoms with van der Waals surface area (Å²) in [6.45, 7) is 10.3. The van der Waals surface area contributed by atoms with Crippen LogP contribution in [-0.4, -0.2) is 47.4 Å². The average molecular weight is 366 g/mol. The van der Waals surface area contributed by atoms with Crippen molar-refractivity contribution in [1.82, 2.24) is 0 Å². The van der Waals surface area contributed by atoms with E-state index < -0.39 is 53.7 Å². The first-order chi connectivity index (χ1) is 12.1. The van der Waals surface area contributed by atoms with Crippen LogP contribution in [0, 0.1) is 23.2 Å². The first-order valence-electron chi connectivity index (χ1n) is 8.99. The van der Waals surface area contributed by atoms with Crippen molar-refractivity contribution >= 4 is 17.9 Å². The Bertz CT molecular complexity index is 656. The minimum absolute atomic E-state index is 0.0201. The number of aliphatic hydroxyl groups is 1. The molecule has 3 fully saturated rings. The smallest absolute Gasteiger partial charge is 0.334 e. The molecule has 0 aromatic carbocycles. The molecule has 0 aromatic heterocycles. The van der Waals surface area contributed by atoms with Crippen LogP contribution in [0.15, 0.2) is 12.2 Å². The third kappa shape index (κ3) is 2.73. The van der Waals surface area contributed by atoms with E-state index in [1.54, 1.807) is 0 Å². The highest BCUT2D eigenvalue weighted by molar-refractivity contribution is 5.91. The maximum absolute atomic E-state index is 12.1. The third-order valence-corrected chi connectivity index (χ3v) is 6.38. The lowest BCUT2D eigenvalue weighted by atomic mass is 9.66. The van der Waals surface area contributed by atoms with Crippen LogP contribution in [0.2, 0.25) is 0 Å².